The molecule has 0 bridgehead atoms. The molecule has 72 valence electrons. The number of rotatable bonds is 2. The molecule has 0 amide bonds. The van der Waals surface area contributed by atoms with E-state index in [1.807, 2.05) is 6.07 Å². The first-order valence-electron chi connectivity index (χ1n) is 4.88. The maximum absolute atomic E-state index is 5.83. The Bertz CT molecular complexity index is 352. The summed E-state index contributed by atoms with van der Waals surface area (Å²) in [6.45, 7) is 0. The minimum atomic E-state index is 0.377. The number of nitrogens with zero attached hydrogens (tertiary/aromatic N) is 1. The van der Waals surface area contributed by atoms with Crippen LogP contribution in [0.4, 0.5) is 0 Å². The molecule has 0 saturated carbocycles. The van der Waals surface area contributed by atoms with Crippen LogP contribution in [0.5, 0.6) is 0 Å². The molecule has 0 radical (unpaired) electrons. The van der Waals surface area contributed by atoms with Crippen molar-refractivity contribution >= 4 is 5.84 Å². The SMILES string of the molecule is NC1=NC=CCC1Cc1ccccc1. The molecule has 0 spiro atoms. The van der Waals surface area contributed by atoms with Crippen LogP contribution in [0.2, 0.25) is 0 Å². The van der Waals surface area contributed by atoms with Crippen molar-refractivity contribution in [3.63, 3.8) is 0 Å². The molecular weight excluding hydrogens is 172 g/mol. The van der Waals surface area contributed by atoms with Gasteiger partial charge in [-0.05, 0) is 18.4 Å². The molecule has 1 aliphatic rings. The lowest BCUT2D eigenvalue weighted by atomic mass is 9.94. The van der Waals surface area contributed by atoms with Gasteiger partial charge in [0.1, 0.15) is 5.84 Å². The van der Waals surface area contributed by atoms with Gasteiger partial charge in [0.25, 0.3) is 0 Å². The lowest BCUT2D eigenvalue weighted by molar-refractivity contribution is 0.683. The third kappa shape index (κ3) is 2.02. The number of nitrogens with two attached hydrogens (primary N) is 1. The normalized spacial score (nSPS) is 20.6. The van der Waals surface area contributed by atoms with Gasteiger partial charge in [0.05, 0.1) is 0 Å². The summed E-state index contributed by atoms with van der Waals surface area (Å²) in [5.41, 5.74) is 7.15. The van der Waals surface area contributed by atoms with Crippen molar-refractivity contribution in [2.24, 2.45) is 16.6 Å². The molecule has 14 heavy (non-hydrogen) atoms. The number of hydrogen-bond acceptors (Lipinski definition) is 2. The van der Waals surface area contributed by atoms with E-state index in [-0.39, 0.29) is 0 Å². The Balaban J connectivity index is 2.05. The largest absolute Gasteiger partial charge is 0.387 e. The molecule has 2 nitrogen and oxygen atoms in total. The maximum atomic E-state index is 5.83. The highest BCUT2D eigenvalue weighted by molar-refractivity contribution is 5.84. The van der Waals surface area contributed by atoms with Crippen molar-refractivity contribution in [1.82, 2.24) is 0 Å². The van der Waals surface area contributed by atoms with Crippen molar-refractivity contribution in [3.8, 4) is 0 Å². The number of allylic oxidation sites excluding steroid dienone is 1. The molecule has 1 atom stereocenters. The molecule has 1 aromatic rings. The summed E-state index contributed by atoms with van der Waals surface area (Å²) in [6.07, 6.45) is 5.85. The maximum Gasteiger partial charge on any atom is 0.103 e. The van der Waals surface area contributed by atoms with Crippen LogP contribution in [0, 0.1) is 5.92 Å². The average molecular weight is 186 g/mol. The van der Waals surface area contributed by atoms with Crippen molar-refractivity contribution < 1.29 is 0 Å². The van der Waals surface area contributed by atoms with E-state index in [1.54, 1.807) is 6.20 Å². The Labute approximate surface area is 84.2 Å². The van der Waals surface area contributed by atoms with Gasteiger partial charge in [0.2, 0.25) is 0 Å². The van der Waals surface area contributed by atoms with Gasteiger partial charge in [-0.2, -0.15) is 0 Å². The smallest absolute Gasteiger partial charge is 0.103 e. The van der Waals surface area contributed by atoms with E-state index in [0.29, 0.717) is 5.92 Å². The van der Waals surface area contributed by atoms with Gasteiger partial charge in [0, 0.05) is 12.1 Å². The zero-order chi connectivity index (χ0) is 9.80. The monoisotopic (exact) mass is 186 g/mol. The van der Waals surface area contributed by atoms with Gasteiger partial charge < -0.3 is 5.73 Å². The summed E-state index contributed by atoms with van der Waals surface area (Å²) in [5, 5.41) is 0. The van der Waals surface area contributed by atoms with E-state index in [0.717, 1.165) is 18.7 Å². The summed E-state index contributed by atoms with van der Waals surface area (Å²) < 4.78 is 0. The van der Waals surface area contributed by atoms with Crippen LogP contribution >= 0.6 is 0 Å². The van der Waals surface area contributed by atoms with Gasteiger partial charge in [-0.15, -0.1) is 0 Å². The highest BCUT2D eigenvalue weighted by atomic mass is 14.8. The molecule has 2 heteroatoms. The van der Waals surface area contributed by atoms with E-state index in [1.165, 1.54) is 5.56 Å². The second kappa shape index (κ2) is 4.09. The predicted molar refractivity (Wildman–Crippen MR) is 59.0 cm³/mol. The Kier molecular flexibility index (Phi) is 2.63. The van der Waals surface area contributed by atoms with Crippen LogP contribution in [-0.2, 0) is 6.42 Å². The summed E-state index contributed by atoms with van der Waals surface area (Å²) in [5.74, 6) is 1.14. The van der Waals surface area contributed by atoms with Crippen molar-refractivity contribution in [3.05, 3.63) is 48.2 Å². The first-order valence-corrected chi connectivity index (χ1v) is 4.88. The highest BCUT2D eigenvalue weighted by Gasteiger charge is 2.14. The van der Waals surface area contributed by atoms with E-state index < -0.39 is 0 Å². The van der Waals surface area contributed by atoms with Crippen LogP contribution in [0.25, 0.3) is 0 Å². The second-order valence-corrected chi connectivity index (χ2v) is 3.56. The van der Waals surface area contributed by atoms with Gasteiger partial charge in [-0.25, -0.2) is 4.99 Å². The zero-order valence-corrected chi connectivity index (χ0v) is 8.06. The first kappa shape index (κ1) is 9.00. The number of aliphatic imine (C=N–C) groups is 1. The molecule has 0 fully saturated rings. The summed E-state index contributed by atoms with van der Waals surface area (Å²) in [6, 6.07) is 10.4. The highest BCUT2D eigenvalue weighted by Crippen LogP contribution is 2.16. The number of hydrogen-bond donors (Lipinski definition) is 1. The Morgan fingerprint density at radius 1 is 1.29 bits per heavy atom. The first-order chi connectivity index (χ1) is 6.86. The molecule has 1 unspecified atom stereocenters. The second-order valence-electron chi connectivity index (χ2n) is 3.56. The van der Waals surface area contributed by atoms with E-state index in [2.05, 4.69) is 35.3 Å². The number of amidine groups is 1. The molecule has 2 rings (SSSR count). The fraction of sp³-hybridized carbons (Fsp3) is 0.250. The summed E-state index contributed by atoms with van der Waals surface area (Å²) >= 11 is 0. The Morgan fingerprint density at radius 3 is 2.79 bits per heavy atom. The van der Waals surface area contributed by atoms with Crippen LogP contribution < -0.4 is 5.73 Å². The van der Waals surface area contributed by atoms with Crippen LogP contribution in [0.3, 0.4) is 0 Å². The van der Waals surface area contributed by atoms with Gasteiger partial charge in [-0.1, -0.05) is 36.4 Å². The van der Waals surface area contributed by atoms with Crippen molar-refractivity contribution in [2.45, 2.75) is 12.8 Å². The van der Waals surface area contributed by atoms with Gasteiger partial charge >= 0.3 is 0 Å². The molecule has 2 N–H and O–H groups in total. The topological polar surface area (TPSA) is 38.4 Å². The lowest BCUT2D eigenvalue weighted by Crippen LogP contribution is -2.26. The minimum Gasteiger partial charge on any atom is -0.387 e. The third-order valence-electron chi connectivity index (χ3n) is 2.49. The van der Waals surface area contributed by atoms with Crippen LogP contribution in [0.1, 0.15) is 12.0 Å². The van der Waals surface area contributed by atoms with E-state index in [4.69, 9.17) is 5.73 Å². The summed E-state index contributed by atoms with van der Waals surface area (Å²) in [7, 11) is 0. The average Bonchev–Trinajstić information content (AvgIpc) is 2.23. The molecular formula is C12H14N2. The minimum absolute atomic E-state index is 0.377. The van der Waals surface area contributed by atoms with Gasteiger partial charge in [0.15, 0.2) is 0 Å². The molecule has 0 aromatic heterocycles. The molecule has 1 aliphatic heterocycles. The predicted octanol–water partition coefficient (Wildman–Crippen LogP) is 2.12. The Morgan fingerprint density at radius 2 is 2.07 bits per heavy atom. The zero-order valence-electron chi connectivity index (χ0n) is 8.06. The molecule has 1 aromatic carbocycles. The van der Waals surface area contributed by atoms with Gasteiger partial charge in [-0.3, -0.25) is 0 Å². The fourth-order valence-corrected chi connectivity index (χ4v) is 1.68. The number of benzene rings is 1. The van der Waals surface area contributed by atoms with E-state index >= 15 is 0 Å². The van der Waals surface area contributed by atoms with Crippen molar-refractivity contribution in [2.75, 3.05) is 0 Å². The molecule has 0 aliphatic carbocycles. The van der Waals surface area contributed by atoms with Crippen LogP contribution in [0.15, 0.2) is 47.6 Å². The van der Waals surface area contributed by atoms with Crippen LogP contribution in [-0.4, -0.2) is 5.84 Å². The lowest BCUT2D eigenvalue weighted by Gasteiger charge is -2.16. The standard InChI is InChI=1S/C12H14N2/c13-12-11(7-4-8-14-12)9-10-5-2-1-3-6-10/h1-6,8,11H,7,9H2,(H2,13,14). The third-order valence-corrected chi connectivity index (χ3v) is 2.49. The molecule has 0 saturated heterocycles. The molecule has 1 heterocycles. The summed E-state index contributed by atoms with van der Waals surface area (Å²) in [4.78, 5) is 4.12. The Hall–Kier alpha value is -1.57. The van der Waals surface area contributed by atoms with Crippen molar-refractivity contribution in [1.29, 1.82) is 0 Å². The fourth-order valence-electron chi connectivity index (χ4n) is 1.68. The quantitative estimate of drug-likeness (QED) is 0.754. The van der Waals surface area contributed by atoms with E-state index in [9.17, 15) is 0 Å².